The van der Waals surface area contributed by atoms with Crippen molar-refractivity contribution in [1.29, 1.82) is 0 Å². The van der Waals surface area contributed by atoms with Gasteiger partial charge < -0.3 is 10.2 Å². The third-order valence-corrected chi connectivity index (χ3v) is 3.82. The highest BCUT2D eigenvalue weighted by Crippen LogP contribution is 2.38. The van der Waals surface area contributed by atoms with Crippen LogP contribution in [-0.2, 0) is 0 Å². The highest BCUT2D eigenvalue weighted by molar-refractivity contribution is 9.10. The van der Waals surface area contributed by atoms with Crippen LogP contribution >= 0.6 is 15.9 Å². The molecule has 2 aromatic rings. The lowest BCUT2D eigenvalue weighted by Gasteiger charge is -2.17. The first kappa shape index (κ1) is 13.6. The van der Waals surface area contributed by atoms with Crippen molar-refractivity contribution in [3.63, 3.8) is 0 Å². The van der Waals surface area contributed by atoms with Gasteiger partial charge in [0, 0.05) is 16.0 Å². The Bertz CT molecular complexity index is 608. The number of aromatic carboxylic acids is 1. The number of rotatable bonds is 3. The summed E-state index contributed by atoms with van der Waals surface area (Å²) in [7, 11) is 0. The molecule has 2 aromatic carbocycles. The third-order valence-electron chi connectivity index (χ3n) is 3.13. The molecular weight excluding hydrogens is 308 g/mol. The number of hydrogen-bond acceptors (Lipinski definition) is 2. The summed E-state index contributed by atoms with van der Waals surface area (Å²) in [6, 6.07) is 12.7. The maximum atomic E-state index is 11.1. The second-order valence-electron chi connectivity index (χ2n) is 4.29. The van der Waals surface area contributed by atoms with Gasteiger partial charge in [0.05, 0.1) is 0 Å². The number of phenols is 1. The Morgan fingerprint density at radius 2 is 1.79 bits per heavy atom. The molecule has 0 fully saturated rings. The normalized spacial score (nSPS) is 12.1. The molecule has 19 heavy (non-hydrogen) atoms. The standard InChI is InChI=1S/C15H13BrO3/c1-9(10-5-3-2-4-6-10)13-12(16)8-7-11(14(13)17)15(18)19/h2-9,17H,1H3,(H,18,19). The number of carbonyl (C=O) groups is 1. The molecule has 0 aliphatic rings. The monoisotopic (exact) mass is 320 g/mol. The van der Waals surface area contributed by atoms with E-state index in [9.17, 15) is 9.90 Å². The minimum atomic E-state index is -1.13. The fourth-order valence-corrected chi connectivity index (χ4v) is 2.74. The molecule has 2 N–H and O–H groups in total. The van der Waals surface area contributed by atoms with E-state index < -0.39 is 5.97 Å². The van der Waals surface area contributed by atoms with Crippen molar-refractivity contribution >= 4 is 21.9 Å². The number of hydrogen-bond donors (Lipinski definition) is 2. The van der Waals surface area contributed by atoms with Crippen LogP contribution in [0.3, 0.4) is 0 Å². The first-order chi connectivity index (χ1) is 9.02. The van der Waals surface area contributed by atoms with Crippen LogP contribution in [0.1, 0.15) is 34.3 Å². The zero-order valence-electron chi connectivity index (χ0n) is 10.3. The van der Waals surface area contributed by atoms with E-state index in [4.69, 9.17) is 5.11 Å². The van der Waals surface area contributed by atoms with Crippen LogP contribution in [0.2, 0.25) is 0 Å². The lowest BCUT2D eigenvalue weighted by Crippen LogP contribution is -2.03. The van der Waals surface area contributed by atoms with Gasteiger partial charge in [0.2, 0.25) is 0 Å². The second kappa shape index (κ2) is 5.45. The summed E-state index contributed by atoms with van der Waals surface area (Å²) in [6.45, 7) is 1.93. The van der Waals surface area contributed by atoms with Crippen LogP contribution in [0, 0.1) is 0 Å². The largest absolute Gasteiger partial charge is 0.507 e. The van der Waals surface area contributed by atoms with Crippen LogP contribution in [0.15, 0.2) is 46.9 Å². The minimum absolute atomic E-state index is 0.0824. The van der Waals surface area contributed by atoms with Crippen LogP contribution in [0.5, 0.6) is 5.75 Å². The average Bonchev–Trinajstić information content (AvgIpc) is 2.39. The molecule has 0 spiro atoms. The Hall–Kier alpha value is -1.81. The Balaban J connectivity index is 2.56. The van der Waals surface area contributed by atoms with Gasteiger partial charge in [0.1, 0.15) is 11.3 Å². The van der Waals surface area contributed by atoms with Crippen molar-refractivity contribution in [2.75, 3.05) is 0 Å². The lowest BCUT2D eigenvalue weighted by molar-refractivity contribution is 0.0693. The van der Waals surface area contributed by atoms with E-state index in [1.54, 1.807) is 6.07 Å². The van der Waals surface area contributed by atoms with Gasteiger partial charge in [0.25, 0.3) is 0 Å². The maximum Gasteiger partial charge on any atom is 0.339 e. The number of benzene rings is 2. The van der Waals surface area contributed by atoms with Crippen LogP contribution in [0.4, 0.5) is 0 Å². The maximum absolute atomic E-state index is 11.1. The van der Waals surface area contributed by atoms with Gasteiger partial charge in [-0.1, -0.05) is 53.2 Å². The molecule has 0 amide bonds. The highest BCUT2D eigenvalue weighted by Gasteiger charge is 2.21. The van der Waals surface area contributed by atoms with Gasteiger partial charge >= 0.3 is 5.97 Å². The van der Waals surface area contributed by atoms with E-state index in [0.29, 0.717) is 10.0 Å². The van der Waals surface area contributed by atoms with E-state index in [1.807, 2.05) is 37.3 Å². The molecule has 0 aliphatic heterocycles. The number of aromatic hydroxyl groups is 1. The van der Waals surface area contributed by atoms with E-state index >= 15 is 0 Å². The Labute approximate surface area is 119 Å². The van der Waals surface area contributed by atoms with E-state index in [-0.39, 0.29) is 17.2 Å². The Morgan fingerprint density at radius 3 is 2.37 bits per heavy atom. The van der Waals surface area contributed by atoms with Gasteiger partial charge in [-0.25, -0.2) is 4.79 Å². The fraction of sp³-hybridized carbons (Fsp3) is 0.133. The van der Waals surface area contributed by atoms with Gasteiger partial charge in [-0.15, -0.1) is 0 Å². The first-order valence-electron chi connectivity index (χ1n) is 5.82. The molecule has 0 heterocycles. The topological polar surface area (TPSA) is 57.5 Å². The molecule has 0 aromatic heterocycles. The SMILES string of the molecule is CC(c1ccccc1)c1c(Br)ccc(C(=O)O)c1O. The van der Waals surface area contributed by atoms with Gasteiger partial charge in [-0.2, -0.15) is 0 Å². The molecule has 0 saturated heterocycles. The van der Waals surface area contributed by atoms with E-state index in [2.05, 4.69) is 15.9 Å². The van der Waals surface area contributed by atoms with Gasteiger partial charge in [0.15, 0.2) is 0 Å². The van der Waals surface area contributed by atoms with Crippen molar-refractivity contribution in [2.45, 2.75) is 12.8 Å². The van der Waals surface area contributed by atoms with Gasteiger partial charge in [-0.05, 0) is 17.7 Å². The van der Waals surface area contributed by atoms with E-state index in [0.717, 1.165) is 5.56 Å². The molecule has 1 unspecified atom stereocenters. The van der Waals surface area contributed by atoms with Crippen LogP contribution in [-0.4, -0.2) is 16.2 Å². The van der Waals surface area contributed by atoms with Crippen molar-refractivity contribution in [1.82, 2.24) is 0 Å². The molecular formula is C15H13BrO3. The Kier molecular flexibility index (Phi) is 3.90. The Morgan fingerprint density at radius 1 is 1.16 bits per heavy atom. The molecule has 0 radical (unpaired) electrons. The second-order valence-corrected chi connectivity index (χ2v) is 5.15. The summed E-state index contributed by atoms with van der Waals surface area (Å²) in [4.78, 5) is 11.1. The third kappa shape index (κ3) is 2.63. The van der Waals surface area contributed by atoms with Crippen molar-refractivity contribution in [3.05, 3.63) is 63.6 Å². The first-order valence-corrected chi connectivity index (χ1v) is 6.61. The van der Waals surface area contributed by atoms with E-state index in [1.165, 1.54) is 6.07 Å². The van der Waals surface area contributed by atoms with Crippen LogP contribution < -0.4 is 0 Å². The molecule has 2 rings (SSSR count). The molecule has 4 heteroatoms. The number of carboxylic acid groups (broad SMARTS) is 1. The van der Waals surface area contributed by atoms with Crippen molar-refractivity contribution < 1.29 is 15.0 Å². The molecule has 3 nitrogen and oxygen atoms in total. The summed E-state index contributed by atoms with van der Waals surface area (Å²) in [5, 5.41) is 19.2. The predicted molar refractivity (Wildman–Crippen MR) is 76.7 cm³/mol. The van der Waals surface area contributed by atoms with Gasteiger partial charge in [-0.3, -0.25) is 0 Å². The lowest BCUT2D eigenvalue weighted by atomic mass is 9.91. The fourth-order valence-electron chi connectivity index (χ4n) is 2.08. The predicted octanol–water partition coefficient (Wildman–Crippen LogP) is 4.00. The zero-order chi connectivity index (χ0) is 14.0. The van der Waals surface area contributed by atoms with Crippen LogP contribution in [0.25, 0.3) is 0 Å². The summed E-state index contributed by atoms with van der Waals surface area (Å²) in [5.74, 6) is -1.42. The molecule has 0 bridgehead atoms. The average molecular weight is 321 g/mol. The molecule has 0 aliphatic carbocycles. The molecule has 98 valence electrons. The summed E-state index contributed by atoms with van der Waals surface area (Å²) < 4.78 is 0.700. The minimum Gasteiger partial charge on any atom is -0.507 e. The highest BCUT2D eigenvalue weighted by atomic mass is 79.9. The summed E-state index contributed by atoms with van der Waals surface area (Å²) in [6.07, 6.45) is 0. The number of carboxylic acids is 1. The van der Waals surface area contributed by atoms with Crippen molar-refractivity contribution in [2.24, 2.45) is 0 Å². The smallest absolute Gasteiger partial charge is 0.339 e. The zero-order valence-corrected chi connectivity index (χ0v) is 11.9. The summed E-state index contributed by atoms with van der Waals surface area (Å²) in [5.41, 5.74) is 1.52. The quantitative estimate of drug-likeness (QED) is 0.898. The molecule has 1 atom stereocenters. The number of halogens is 1. The molecule has 0 saturated carbocycles. The van der Waals surface area contributed by atoms with Crippen molar-refractivity contribution in [3.8, 4) is 5.75 Å². The summed E-state index contributed by atoms with van der Waals surface area (Å²) >= 11 is 3.38.